The highest BCUT2D eigenvalue weighted by Gasteiger charge is 2.21. The van der Waals surface area contributed by atoms with Crippen LogP contribution < -0.4 is 0 Å². The van der Waals surface area contributed by atoms with E-state index < -0.39 is 5.25 Å². The van der Waals surface area contributed by atoms with Crippen molar-refractivity contribution in [2.75, 3.05) is 12.5 Å². The van der Waals surface area contributed by atoms with Gasteiger partial charge in [-0.05, 0) is 30.7 Å². The third-order valence-electron chi connectivity index (χ3n) is 2.32. The van der Waals surface area contributed by atoms with E-state index in [2.05, 4.69) is 0 Å². The molecule has 0 fully saturated rings. The number of thiocyanates is 1. The summed E-state index contributed by atoms with van der Waals surface area (Å²) in [6.07, 6.45) is 0.486. The normalized spacial score (nSPS) is 11.6. The van der Waals surface area contributed by atoms with E-state index in [0.717, 1.165) is 22.9 Å². The minimum Gasteiger partial charge on any atom is -0.464 e. The molecule has 5 heteroatoms. The van der Waals surface area contributed by atoms with Crippen molar-refractivity contribution in [3.05, 3.63) is 35.4 Å². The summed E-state index contributed by atoms with van der Waals surface area (Å²) < 4.78 is 4.96. The number of alkyl halides is 1. The lowest BCUT2D eigenvalue weighted by Crippen LogP contribution is -2.23. The fraction of sp³-hybridized carbons (Fsp3) is 0.385. The number of halogens is 1. The Morgan fingerprint density at radius 2 is 2.17 bits per heavy atom. The number of esters is 1. The monoisotopic (exact) mass is 283 g/mol. The highest BCUT2D eigenvalue weighted by molar-refractivity contribution is 8.04. The van der Waals surface area contributed by atoms with Crippen molar-refractivity contribution in [3.8, 4) is 5.40 Å². The number of carbonyl (C=O) groups excluding carboxylic acids is 1. The second kappa shape index (κ2) is 8.02. The summed E-state index contributed by atoms with van der Waals surface area (Å²) in [5.74, 6) is -0.122. The first-order chi connectivity index (χ1) is 8.67. The van der Waals surface area contributed by atoms with Gasteiger partial charge in [0.1, 0.15) is 17.3 Å². The second-order valence-electron chi connectivity index (χ2n) is 3.74. The number of hydrogen-bond acceptors (Lipinski definition) is 4. The molecular weight excluding hydrogens is 270 g/mol. The fourth-order valence-electron chi connectivity index (χ4n) is 1.41. The van der Waals surface area contributed by atoms with Gasteiger partial charge in [-0.3, -0.25) is 4.79 Å². The van der Waals surface area contributed by atoms with E-state index in [1.54, 1.807) is 0 Å². The lowest BCUT2D eigenvalue weighted by atomic mass is 10.1. The van der Waals surface area contributed by atoms with Crippen LogP contribution in [-0.2, 0) is 16.0 Å². The SMILES string of the molecule is Cc1ccc(CC(SC#N)C(=O)OCCCl)cc1. The Balaban J connectivity index is 2.65. The maximum atomic E-state index is 11.7. The molecule has 0 aromatic heterocycles. The summed E-state index contributed by atoms with van der Waals surface area (Å²) in [5.41, 5.74) is 2.17. The fourth-order valence-corrected chi connectivity index (χ4v) is 2.05. The van der Waals surface area contributed by atoms with Gasteiger partial charge in [0, 0.05) is 0 Å². The van der Waals surface area contributed by atoms with Crippen molar-refractivity contribution >= 4 is 29.3 Å². The number of ether oxygens (including phenoxy) is 1. The first-order valence-electron chi connectivity index (χ1n) is 5.50. The Labute approximate surface area is 116 Å². The third kappa shape index (κ3) is 4.99. The van der Waals surface area contributed by atoms with Crippen LogP contribution in [0.25, 0.3) is 0 Å². The topological polar surface area (TPSA) is 50.1 Å². The van der Waals surface area contributed by atoms with E-state index in [-0.39, 0.29) is 18.5 Å². The number of nitriles is 1. The van der Waals surface area contributed by atoms with Crippen molar-refractivity contribution in [2.24, 2.45) is 0 Å². The van der Waals surface area contributed by atoms with Gasteiger partial charge in [0.05, 0.1) is 5.88 Å². The summed E-state index contributed by atoms with van der Waals surface area (Å²) in [6, 6.07) is 7.87. The summed E-state index contributed by atoms with van der Waals surface area (Å²) >= 11 is 6.38. The lowest BCUT2D eigenvalue weighted by molar-refractivity contribution is -0.142. The Morgan fingerprint density at radius 3 is 2.72 bits per heavy atom. The first-order valence-corrected chi connectivity index (χ1v) is 6.91. The van der Waals surface area contributed by atoms with E-state index in [9.17, 15) is 4.79 Å². The highest BCUT2D eigenvalue weighted by Crippen LogP contribution is 2.17. The van der Waals surface area contributed by atoms with Gasteiger partial charge >= 0.3 is 5.97 Å². The molecule has 0 spiro atoms. The van der Waals surface area contributed by atoms with Gasteiger partial charge in [-0.15, -0.1) is 11.6 Å². The predicted octanol–water partition coefficient (Wildman–Crippen LogP) is 2.90. The molecule has 0 aliphatic rings. The molecule has 1 aromatic carbocycles. The van der Waals surface area contributed by atoms with Crippen LogP contribution in [0.5, 0.6) is 0 Å². The number of aryl methyl sites for hydroxylation is 1. The average Bonchev–Trinajstić information content (AvgIpc) is 2.38. The van der Waals surface area contributed by atoms with Gasteiger partial charge in [-0.25, -0.2) is 0 Å². The first kappa shape index (κ1) is 14.9. The van der Waals surface area contributed by atoms with Crippen LogP contribution in [0.1, 0.15) is 11.1 Å². The quantitative estimate of drug-likeness (QED) is 0.458. The Bertz CT molecular complexity index is 428. The van der Waals surface area contributed by atoms with Crippen molar-refractivity contribution in [1.29, 1.82) is 5.26 Å². The number of benzene rings is 1. The zero-order chi connectivity index (χ0) is 13.4. The molecule has 0 radical (unpaired) electrons. The Morgan fingerprint density at radius 1 is 1.50 bits per heavy atom. The van der Waals surface area contributed by atoms with Gasteiger partial charge in [0.25, 0.3) is 0 Å². The van der Waals surface area contributed by atoms with Crippen molar-refractivity contribution in [2.45, 2.75) is 18.6 Å². The molecule has 1 atom stereocenters. The number of rotatable bonds is 6. The molecular formula is C13H14ClNO2S. The summed E-state index contributed by atoms with van der Waals surface area (Å²) in [6.45, 7) is 2.18. The van der Waals surface area contributed by atoms with E-state index in [1.807, 2.05) is 36.6 Å². The van der Waals surface area contributed by atoms with Crippen LogP contribution in [0.15, 0.2) is 24.3 Å². The van der Waals surface area contributed by atoms with Gasteiger partial charge in [0.15, 0.2) is 0 Å². The molecule has 0 bridgehead atoms. The van der Waals surface area contributed by atoms with E-state index >= 15 is 0 Å². The minimum atomic E-state index is -0.499. The van der Waals surface area contributed by atoms with Crippen LogP contribution >= 0.6 is 23.4 Å². The molecule has 0 saturated heterocycles. The Hall–Kier alpha value is -1.18. The molecule has 0 amide bonds. The molecule has 1 unspecified atom stereocenters. The molecule has 3 nitrogen and oxygen atoms in total. The van der Waals surface area contributed by atoms with Gasteiger partial charge in [-0.2, -0.15) is 5.26 Å². The molecule has 1 aromatic rings. The number of nitrogens with zero attached hydrogens (tertiary/aromatic N) is 1. The summed E-state index contributed by atoms with van der Waals surface area (Å²) in [7, 11) is 0. The van der Waals surface area contributed by atoms with E-state index in [0.29, 0.717) is 6.42 Å². The molecule has 0 aliphatic heterocycles. The standard InChI is InChI=1S/C13H14ClNO2S/c1-10-2-4-11(5-3-10)8-12(18-9-15)13(16)17-7-6-14/h2-5,12H,6-8H2,1H3. The maximum Gasteiger partial charge on any atom is 0.320 e. The molecule has 96 valence electrons. The lowest BCUT2D eigenvalue weighted by Gasteiger charge is -2.12. The number of thioether (sulfide) groups is 1. The van der Waals surface area contributed by atoms with Crippen molar-refractivity contribution < 1.29 is 9.53 Å². The number of hydrogen-bond donors (Lipinski definition) is 0. The smallest absolute Gasteiger partial charge is 0.320 e. The van der Waals surface area contributed by atoms with Crippen molar-refractivity contribution in [1.82, 2.24) is 0 Å². The molecule has 18 heavy (non-hydrogen) atoms. The average molecular weight is 284 g/mol. The zero-order valence-corrected chi connectivity index (χ0v) is 11.6. The zero-order valence-electron chi connectivity index (χ0n) is 10.1. The molecule has 0 aliphatic carbocycles. The van der Waals surface area contributed by atoms with Crippen LogP contribution in [0, 0.1) is 17.6 Å². The van der Waals surface area contributed by atoms with Crippen LogP contribution in [0.4, 0.5) is 0 Å². The molecule has 0 heterocycles. The Kier molecular flexibility index (Phi) is 6.63. The van der Waals surface area contributed by atoms with Gasteiger partial charge in [0.2, 0.25) is 0 Å². The third-order valence-corrected chi connectivity index (χ3v) is 3.22. The highest BCUT2D eigenvalue weighted by atomic mass is 35.5. The summed E-state index contributed by atoms with van der Waals surface area (Å²) in [5, 5.41) is 10.2. The van der Waals surface area contributed by atoms with Gasteiger partial charge < -0.3 is 4.74 Å². The molecule has 0 saturated carbocycles. The molecule has 1 rings (SSSR count). The number of carbonyl (C=O) groups is 1. The summed E-state index contributed by atoms with van der Waals surface area (Å²) in [4.78, 5) is 11.7. The largest absolute Gasteiger partial charge is 0.464 e. The van der Waals surface area contributed by atoms with Crippen LogP contribution in [0.2, 0.25) is 0 Å². The minimum absolute atomic E-state index is 0.177. The van der Waals surface area contributed by atoms with Crippen LogP contribution in [-0.4, -0.2) is 23.7 Å². The van der Waals surface area contributed by atoms with Gasteiger partial charge in [-0.1, -0.05) is 29.8 Å². The van der Waals surface area contributed by atoms with E-state index in [1.165, 1.54) is 0 Å². The predicted molar refractivity (Wildman–Crippen MR) is 73.6 cm³/mol. The van der Waals surface area contributed by atoms with E-state index in [4.69, 9.17) is 21.6 Å². The second-order valence-corrected chi connectivity index (χ2v) is 5.11. The van der Waals surface area contributed by atoms with Crippen LogP contribution in [0.3, 0.4) is 0 Å². The van der Waals surface area contributed by atoms with Crippen molar-refractivity contribution in [3.63, 3.8) is 0 Å². The molecule has 0 N–H and O–H groups in total. The maximum absolute atomic E-state index is 11.7.